The van der Waals surface area contributed by atoms with Crippen LogP contribution in [0, 0.1) is 11.8 Å². The van der Waals surface area contributed by atoms with Crippen LogP contribution >= 0.6 is 0 Å². The zero-order chi connectivity index (χ0) is 67.3. The Morgan fingerprint density at radius 1 is 0.819 bits per heavy atom. The van der Waals surface area contributed by atoms with Crippen molar-refractivity contribution < 1.29 is 96.4 Å². The Morgan fingerprint density at radius 2 is 1.53 bits per heavy atom. The number of ketones is 2. The smallest absolute Gasteiger partial charge is 0.410 e. The van der Waals surface area contributed by atoms with Crippen molar-refractivity contribution in [3.63, 3.8) is 0 Å². The Kier molecular flexibility index (Phi) is 21.3. The summed E-state index contributed by atoms with van der Waals surface area (Å²) in [6.45, 7) is 6.25. The van der Waals surface area contributed by atoms with Gasteiger partial charge in [-0.2, -0.15) is 0 Å². The standard InChI is InChI=1S/C65H81N9O20/c1-34(2)52(70-44(75)14-7-6-8-22-74-45(76)19-20-46(74)77)59(83)68-32-37(11-10-21-67-63(66)85)58(82)69-38-17-15-36(16-18-38)33-91-64(86)72-25-23-71(24-26-72)62(84)65(87)30-40-49(56(81)51-50(54(40)79)53(78)39-12-9-13-42(88-4)48(39)55(51)80)43(31-65)93-47-29-41-57(35(3)92-47)94-60-61(89-5)90-28-27-73(41)60/h9,12-13,15-20,34-35,37,41,43,47,52,57,60-61,79,81,87H,6-8,10-11,14,21-33H2,1-5H3,(H,68,83)(H,69,82)(H,70,75)(H3,66,67,85)/t35-,37+,41-,43-,47-,52-,57+,60+,61-,65-/m0/s1. The van der Waals surface area contributed by atoms with Crippen molar-refractivity contribution in [2.45, 2.75) is 140 Å². The number of unbranched alkanes of at least 4 members (excludes halogenated alkanes) is 2. The lowest BCUT2D eigenvalue weighted by atomic mass is 9.72. The molecule has 0 radical (unpaired) electrons. The number of aliphatic hydroxyl groups is 1. The highest BCUT2D eigenvalue weighted by atomic mass is 16.7. The molecule has 10 atom stereocenters. The SMILES string of the molecule is COc1cccc2c1C(=O)c1c(O)c3c(c(O)c1C2=O)C[C@@](O)(C(=O)N1CCN(C(=O)OCc2ccc(NC(=O)[C@H](CCCNC(N)=O)CNC(=O)[C@@H](NC(=O)CCCCCN4C(=O)C=CC4=O)C(C)C)cc2)CC1)C[C@@H]3O[C@H]1C[C@H]2[C@H](O[C@@H]3[C@@H](OC)OCCN32)[C@H](C)O1. The second-order valence-electron chi connectivity index (χ2n) is 24.9. The van der Waals surface area contributed by atoms with E-state index in [0.717, 1.165) is 4.90 Å². The van der Waals surface area contributed by atoms with E-state index in [1.165, 1.54) is 54.4 Å². The predicted molar refractivity (Wildman–Crippen MR) is 329 cm³/mol. The minimum atomic E-state index is -2.34. The highest BCUT2D eigenvalue weighted by molar-refractivity contribution is 6.31. The van der Waals surface area contributed by atoms with Gasteiger partial charge in [0.25, 0.3) is 17.7 Å². The molecule has 0 bridgehead atoms. The maximum atomic E-state index is 14.8. The molecular weight excluding hydrogens is 1230 g/mol. The third-order valence-corrected chi connectivity index (χ3v) is 18.4. The summed E-state index contributed by atoms with van der Waals surface area (Å²) < 4.78 is 42.0. The van der Waals surface area contributed by atoms with E-state index < -0.39 is 132 Å². The van der Waals surface area contributed by atoms with Gasteiger partial charge in [0.1, 0.15) is 41.6 Å². The number of nitrogens with two attached hydrogens (primary N) is 1. The molecule has 3 aromatic rings. The number of benzene rings is 3. The molecule has 0 spiro atoms. The third kappa shape index (κ3) is 14.5. The molecule has 9 N–H and O–H groups in total. The van der Waals surface area contributed by atoms with Crippen LogP contribution in [0.15, 0.2) is 54.6 Å². The molecule has 4 fully saturated rings. The number of hydrogen-bond donors (Lipinski definition) is 8. The minimum absolute atomic E-state index is 0.00622. The van der Waals surface area contributed by atoms with Gasteiger partial charge in [0.05, 0.1) is 48.5 Å². The number of methoxy groups -OCH3 is 2. The summed E-state index contributed by atoms with van der Waals surface area (Å²) in [5, 5.41) is 48.1. The van der Waals surface area contributed by atoms with Crippen molar-refractivity contribution in [2.24, 2.45) is 17.6 Å². The molecule has 3 aromatic carbocycles. The number of fused-ring (bicyclic) bond motifs is 6. The molecule has 5 heterocycles. The Hall–Kier alpha value is -8.58. The van der Waals surface area contributed by atoms with Crippen LogP contribution in [0.25, 0.3) is 0 Å². The van der Waals surface area contributed by atoms with Crippen molar-refractivity contribution in [1.82, 2.24) is 35.6 Å². The first-order valence-corrected chi connectivity index (χ1v) is 31.7. The lowest BCUT2D eigenvalue weighted by molar-refractivity contribution is -0.256. The van der Waals surface area contributed by atoms with Crippen molar-refractivity contribution in [1.29, 1.82) is 0 Å². The van der Waals surface area contributed by atoms with Gasteiger partial charge in [0.2, 0.25) is 23.5 Å². The number of hydrogen-bond acceptors (Lipinski definition) is 21. The molecule has 29 heteroatoms. The summed E-state index contributed by atoms with van der Waals surface area (Å²) in [7, 11) is 2.85. The number of rotatable bonds is 24. The summed E-state index contributed by atoms with van der Waals surface area (Å²) in [6, 6.07) is 8.99. The molecule has 2 aliphatic carbocycles. The number of nitrogens with zero attached hydrogens (tertiary/aromatic N) is 4. The molecule has 5 aliphatic heterocycles. The van der Waals surface area contributed by atoms with E-state index in [2.05, 4.69) is 26.2 Å². The Morgan fingerprint density at radius 3 is 2.22 bits per heavy atom. The number of piperazine rings is 1. The van der Waals surface area contributed by atoms with Crippen LogP contribution in [0.4, 0.5) is 15.3 Å². The fraction of sp³-hybridized carbons (Fsp3) is 0.538. The number of ether oxygens (including phenoxy) is 7. The molecule has 506 valence electrons. The van der Waals surface area contributed by atoms with Crippen molar-refractivity contribution in [3.05, 3.63) is 93.6 Å². The van der Waals surface area contributed by atoms with Crippen LogP contribution < -0.4 is 31.7 Å². The van der Waals surface area contributed by atoms with E-state index in [9.17, 15) is 63.3 Å². The molecule has 94 heavy (non-hydrogen) atoms. The van der Waals surface area contributed by atoms with Crippen LogP contribution in [-0.2, 0) is 70.2 Å². The number of carbonyl (C=O) groups is 10. The first-order chi connectivity index (χ1) is 45.0. The highest BCUT2D eigenvalue weighted by Gasteiger charge is 2.56. The first-order valence-electron chi connectivity index (χ1n) is 31.7. The van der Waals surface area contributed by atoms with Crippen LogP contribution in [-0.4, -0.2) is 216 Å². The second kappa shape index (κ2) is 29.4. The fourth-order valence-electron chi connectivity index (χ4n) is 13.4. The average Bonchev–Trinajstić information content (AvgIpc) is 0.900. The number of morpholine rings is 1. The number of urea groups is 1. The van der Waals surface area contributed by atoms with Crippen molar-refractivity contribution in [3.8, 4) is 17.2 Å². The number of phenols is 2. The molecular formula is C65H81N9O20. The quantitative estimate of drug-likeness (QED) is 0.0283. The topological polar surface area (TPSA) is 383 Å². The van der Waals surface area contributed by atoms with Gasteiger partial charge in [-0.3, -0.25) is 48.2 Å². The molecule has 0 saturated carbocycles. The summed E-state index contributed by atoms with van der Waals surface area (Å²) in [5.41, 5.74) is 2.40. The Bertz CT molecular complexity index is 3450. The van der Waals surface area contributed by atoms with Crippen molar-refractivity contribution in [2.75, 3.05) is 78.5 Å². The number of aromatic hydroxyl groups is 2. The number of carbonyl (C=O) groups excluding carboxylic acids is 10. The predicted octanol–water partition coefficient (Wildman–Crippen LogP) is 2.38. The van der Waals surface area contributed by atoms with Gasteiger partial charge in [0, 0.05) is 126 Å². The van der Waals surface area contributed by atoms with Gasteiger partial charge in [-0.05, 0) is 62.3 Å². The number of phenolic OH excluding ortho intramolecular Hbond substituents is 2. The number of nitrogens with one attached hydrogen (secondary N) is 4. The molecule has 0 unspecified atom stereocenters. The van der Waals surface area contributed by atoms with E-state index in [-0.39, 0.29) is 129 Å². The second-order valence-corrected chi connectivity index (χ2v) is 24.9. The molecule has 29 nitrogen and oxygen atoms in total. The average molecular weight is 1310 g/mol. The number of primary amides is 1. The molecule has 0 aromatic heterocycles. The molecule has 4 saturated heterocycles. The number of imide groups is 1. The monoisotopic (exact) mass is 1310 g/mol. The van der Waals surface area contributed by atoms with Gasteiger partial charge in [0.15, 0.2) is 24.6 Å². The van der Waals surface area contributed by atoms with Crippen molar-refractivity contribution >= 4 is 64.8 Å². The molecule has 9 amide bonds. The van der Waals surface area contributed by atoms with E-state index in [4.69, 9.17) is 38.9 Å². The Labute approximate surface area is 541 Å². The molecule has 10 rings (SSSR count). The highest BCUT2D eigenvalue weighted by Crippen LogP contribution is 2.53. The summed E-state index contributed by atoms with van der Waals surface area (Å²) in [5.74, 6) is -6.83. The zero-order valence-corrected chi connectivity index (χ0v) is 53.1. The van der Waals surface area contributed by atoms with E-state index in [1.807, 2.05) is 6.92 Å². The van der Waals surface area contributed by atoms with Crippen LogP contribution in [0.1, 0.15) is 127 Å². The van der Waals surface area contributed by atoms with E-state index >= 15 is 0 Å². The number of amides is 9. The maximum absolute atomic E-state index is 14.8. The van der Waals surface area contributed by atoms with Gasteiger partial charge in [-0.15, -0.1) is 0 Å². The third-order valence-electron chi connectivity index (χ3n) is 18.4. The largest absolute Gasteiger partial charge is 0.507 e. The molecule has 7 aliphatic rings. The van der Waals surface area contributed by atoms with Crippen LogP contribution in [0.3, 0.4) is 0 Å². The van der Waals surface area contributed by atoms with Crippen LogP contribution in [0.2, 0.25) is 0 Å². The maximum Gasteiger partial charge on any atom is 0.410 e. The Balaban J connectivity index is 0.748. The summed E-state index contributed by atoms with van der Waals surface area (Å²) in [6.07, 6.45) is -1.51. The fourth-order valence-corrected chi connectivity index (χ4v) is 13.4. The van der Waals surface area contributed by atoms with Crippen LogP contribution in [0.5, 0.6) is 17.2 Å². The van der Waals surface area contributed by atoms with Gasteiger partial charge in [-0.25, -0.2) is 9.59 Å². The lowest BCUT2D eigenvalue weighted by Crippen LogP contribution is -2.59. The first kappa shape index (κ1) is 68.3. The van der Waals surface area contributed by atoms with Gasteiger partial charge >= 0.3 is 12.1 Å². The minimum Gasteiger partial charge on any atom is -0.507 e. The zero-order valence-electron chi connectivity index (χ0n) is 53.1. The van der Waals surface area contributed by atoms with Gasteiger partial charge in [-0.1, -0.05) is 44.5 Å². The summed E-state index contributed by atoms with van der Waals surface area (Å²) in [4.78, 5) is 138. The van der Waals surface area contributed by atoms with E-state index in [0.29, 0.717) is 50.1 Å². The lowest BCUT2D eigenvalue weighted by Gasteiger charge is -2.45. The van der Waals surface area contributed by atoms with Gasteiger partial charge < -0.3 is 85.3 Å². The van der Waals surface area contributed by atoms with E-state index in [1.54, 1.807) is 38.1 Å². The normalized spacial score (nSPS) is 24.5. The summed E-state index contributed by atoms with van der Waals surface area (Å²) >= 11 is 0. The number of anilines is 1.